The van der Waals surface area contributed by atoms with Crippen LogP contribution in [0.2, 0.25) is 0 Å². The second-order valence-electron chi connectivity index (χ2n) is 4.91. The molecule has 0 bridgehead atoms. The van der Waals surface area contributed by atoms with Crippen molar-refractivity contribution in [1.29, 1.82) is 0 Å². The third kappa shape index (κ3) is 2.75. The Bertz CT molecular complexity index is 624. The highest BCUT2D eigenvalue weighted by Crippen LogP contribution is 2.35. The summed E-state index contributed by atoms with van der Waals surface area (Å²) in [5, 5.41) is 14.5. The van der Waals surface area contributed by atoms with E-state index >= 15 is 0 Å². The van der Waals surface area contributed by atoms with Gasteiger partial charge in [-0.1, -0.05) is 6.07 Å². The van der Waals surface area contributed by atoms with Gasteiger partial charge in [0.15, 0.2) is 9.84 Å². The number of rotatable bonds is 4. The smallest absolute Gasteiger partial charge is 0.311 e. The van der Waals surface area contributed by atoms with Crippen LogP contribution in [-0.2, 0) is 9.84 Å². The summed E-state index contributed by atoms with van der Waals surface area (Å²) in [5.41, 5.74) is -0.00368. The molecule has 1 aromatic carbocycles. The molecule has 1 heterocycles. The van der Waals surface area contributed by atoms with Gasteiger partial charge < -0.3 is 10.2 Å². The molecule has 1 unspecified atom stereocenters. The number of likely N-dealkylation sites (N-methyl/N-ethyl adjacent to an activating group) is 1. The first-order valence-corrected chi connectivity index (χ1v) is 8.12. The topological polar surface area (TPSA) is 92.5 Å². The van der Waals surface area contributed by atoms with Crippen LogP contribution in [0.25, 0.3) is 0 Å². The lowest BCUT2D eigenvalue weighted by atomic mass is 10.2. The van der Waals surface area contributed by atoms with Crippen molar-refractivity contribution >= 4 is 21.2 Å². The van der Waals surface area contributed by atoms with Crippen LogP contribution in [0, 0.1) is 10.1 Å². The Morgan fingerprint density at radius 3 is 2.65 bits per heavy atom. The Kier molecular flexibility index (Phi) is 3.96. The molecule has 7 nitrogen and oxygen atoms in total. The largest absolute Gasteiger partial charge is 0.365 e. The van der Waals surface area contributed by atoms with Crippen molar-refractivity contribution in [3.05, 3.63) is 28.3 Å². The maximum absolute atomic E-state index is 11.7. The molecule has 0 aliphatic carbocycles. The number of para-hydroxylation sites is 1. The summed E-state index contributed by atoms with van der Waals surface area (Å²) < 4.78 is 23.4. The third-order valence-electron chi connectivity index (χ3n) is 3.52. The van der Waals surface area contributed by atoms with E-state index in [9.17, 15) is 18.5 Å². The number of benzene rings is 1. The first-order chi connectivity index (χ1) is 9.32. The molecule has 1 fully saturated rings. The van der Waals surface area contributed by atoms with Gasteiger partial charge in [-0.3, -0.25) is 10.1 Å². The molecule has 8 heteroatoms. The number of nitrogens with one attached hydrogen (secondary N) is 1. The van der Waals surface area contributed by atoms with Gasteiger partial charge in [0.2, 0.25) is 0 Å². The second kappa shape index (κ2) is 5.37. The molecule has 0 radical (unpaired) electrons. The number of nitro benzene ring substituents is 1. The minimum absolute atomic E-state index is 0.128. The van der Waals surface area contributed by atoms with Crippen molar-refractivity contribution in [2.24, 2.45) is 0 Å². The van der Waals surface area contributed by atoms with E-state index in [1.807, 2.05) is 0 Å². The molecule has 0 spiro atoms. The van der Waals surface area contributed by atoms with Crippen LogP contribution >= 0.6 is 0 Å². The van der Waals surface area contributed by atoms with Crippen molar-refractivity contribution in [2.45, 2.75) is 17.4 Å². The number of anilines is 1. The van der Waals surface area contributed by atoms with Crippen LogP contribution < -0.4 is 10.2 Å². The highest BCUT2D eigenvalue weighted by molar-refractivity contribution is 7.90. The average molecular weight is 299 g/mol. The van der Waals surface area contributed by atoms with Crippen LogP contribution in [0.5, 0.6) is 0 Å². The Balaban J connectivity index is 2.55. The lowest BCUT2D eigenvalue weighted by Gasteiger charge is -2.26. The average Bonchev–Trinajstić information content (AvgIpc) is 2.89. The number of nitro groups is 1. The molecule has 1 atom stereocenters. The Labute approximate surface area is 117 Å². The van der Waals surface area contributed by atoms with Crippen molar-refractivity contribution < 1.29 is 13.3 Å². The maximum Gasteiger partial charge on any atom is 0.311 e. The summed E-state index contributed by atoms with van der Waals surface area (Å²) in [5.74, 6) is 0. The maximum atomic E-state index is 11.7. The fourth-order valence-electron chi connectivity index (χ4n) is 2.44. The predicted octanol–water partition coefficient (Wildman–Crippen LogP) is 0.796. The first-order valence-electron chi connectivity index (χ1n) is 6.23. The van der Waals surface area contributed by atoms with E-state index in [2.05, 4.69) is 5.32 Å². The molecule has 110 valence electrons. The molecule has 1 saturated heterocycles. The monoisotopic (exact) mass is 299 g/mol. The quantitative estimate of drug-likeness (QED) is 0.653. The molecule has 1 N–H and O–H groups in total. The lowest BCUT2D eigenvalue weighted by Crippen LogP contribution is -2.33. The second-order valence-corrected chi connectivity index (χ2v) is 6.89. The Morgan fingerprint density at radius 2 is 2.15 bits per heavy atom. The molecular formula is C12H17N3O4S. The molecule has 1 aromatic rings. The predicted molar refractivity (Wildman–Crippen MR) is 75.9 cm³/mol. The Hall–Kier alpha value is -1.67. The van der Waals surface area contributed by atoms with E-state index < -0.39 is 14.8 Å². The van der Waals surface area contributed by atoms with Crippen LogP contribution in [0.1, 0.15) is 6.42 Å². The molecule has 1 aliphatic rings. The van der Waals surface area contributed by atoms with Crippen molar-refractivity contribution in [2.75, 3.05) is 31.3 Å². The van der Waals surface area contributed by atoms with Crippen molar-refractivity contribution in [1.82, 2.24) is 5.32 Å². The third-order valence-corrected chi connectivity index (χ3v) is 4.65. The fourth-order valence-corrected chi connectivity index (χ4v) is 3.30. The minimum atomic E-state index is -3.64. The number of nitrogens with zero attached hydrogens (tertiary/aromatic N) is 2. The van der Waals surface area contributed by atoms with Crippen LogP contribution in [-0.4, -0.2) is 45.8 Å². The Morgan fingerprint density at radius 1 is 1.45 bits per heavy atom. The van der Waals surface area contributed by atoms with E-state index in [-0.39, 0.29) is 16.6 Å². The van der Waals surface area contributed by atoms with Crippen molar-refractivity contribution in [3.63, 3.8) is 0 Å². The van der Waals surface area contributed by atoms with Gasteiger partial charge in [0.05, 0.1) is 4.92 Å². The van der Waals surface area contributed by atoms with Gasteiger partial charge in [-0.15, -0.1) is 0 Å². The summed E-state index contributed by atoms with van der Waals surface area (Å²) in [6.07, 6.45) is 1.85. The standard InChI is InChI=1S/C12H17N3O4S/c1-14(9-6-7-13-8-9)10-4-3-5-11(20(2,18)19)12(10)15(16)17/h3-5,9,13H,6-8H2,1-2H3. The van der Waals surface area contributed by atoms with Crippen LogP contribution in [0.3, 0.4) is 0 Å². The van der Waals surface area contributed by atoms with E-state index in [1.165, 1.54) is 12.1 Å². The highest BCUT2D eigenvalue weighted by Gasteiger charge is 2.30. The van der Waals surface area contributed by atoms with E-state index in [0.717, 1.165) is 25.8 Å². The van der Waals surface area contributed by atoms with Gasteiger partial charge in [-0.25, -0.2) is 8.42 Å². The zero-order valence-corrected chi connectivity index (χ0v) is 12.2. The molecule has 20 heavy (non-hydrogen) atoms. The molecule has 1 aliphatic heterocycles. The fraction of sp³-hybridized carbons (Fsp3) is 0.500. The van der Waals surface area contributed by atoms with E-state index in [4.69, 9.17) is 0 Å². The summed E-state index contributed by atoms with van der Waals surface area (Å²) in [6.45, 7) is 1.59. The summed E-state index contributed by atoms with van der Waals surface area (Å²) in [6, 6.07) is 4.53. The molecule has 0 saturated carbocycles. The number of sulfone groups is 1. The zero-order valence-electron chi connectivity index (χ0n) is 11.4. The lowest BCUT2D eigenvalue weighted by molar-refractivity contribution is -0.387. The van der Waals surface area contributed by atoms with Gasteiger partial charge in [0.1, 0.15) is 10.6 Å². The molecule has 0 amide bonds. The van der Waals surface area contributed by atoms with Gasteiger partial charge in [0, 0.05) is 25.9 Å². The van der Waals surface area contributed by atoms with Gasteiger partial charge in [-0.2, -0.15) is 0 Å². The van der Waals surface area contributed by atoms with Crippen LogP contribution in [0.4, 0.5) is 11.4 Å². The van der Waals surface area contributed by atoms with Gasteiger partial charge in [-0.05, 0) is 25.1 Å². The minimum Gasteiger partial charge on any atom is -0.365 e. The number of hydrogen-bond donors (Lipinski definition) is 1. The van der Waals surface area contributed by atoms with Gasteiger partial charge >= 0.3 is 5.69 Å². The molecule has 2 rings (SSSR count). The number of hydrogen-bond acceptors (Lipinski definition) is 6. The first kappa shape index (κ1) is 14.7. The van der Waals surface area contributed by atoms with E-state index in [0.29, 0.717) is 5.69 Å². The highest BCUT2D eigenvalue weighted by atomic mass is 32.2. The van der Waals surface area contributed by atoms with E-state index in [1.54, 1.807) is 18.0 Å². The SMILES string of the molecule is CN(c1cccc(S(C)(=O)=O)c1[N+](=O)[O-])C1CCNC1. The normalized spacial score (nSPS) is 19.0. The van der Waals surface area contributed by atoms with Gasteiger partial charge in [0.25, 0.3) is 0 Å². The summed E-state index contributed by atoms with van der Waals surface area (Å²) >= 11 is 0. The molecular weight excluding hydrogens is 282 g/mol. The summed E-state index contributed by atoms with van der Waals surface area (Å²) in [7, 11) is -1.89. The zero-order chi connectivity index (χ0) is 14.9. The van der Waals surface area contributed by atoms with Crippen LogP contribution in [0.15, 0.2) is 23.1 Å². The van der Waals surface area contributed by atoms with Crippen molar-refractivity contribution in [3.8, 4) is 0 Å². The molecule has 0 aromatic heterocycles. The summed E-state index contributed by atoms with van der Waals surface area (Å²) in [4.78, 5) is 12.2.